The van der Waals surface area contributed by atoms with Gasteiger partial charge in [-0.3, -0.25) is 0 Å². The van der Waals surface area contributed by atoms with Gasteiger partial charge in [-0.25, -0.2) is 4.98 Å². The molecule has 0 spiro atoms. The highest BCUT2D eigenvalue weighted by Crippen LogP contribution is 2.27. The molecule has 1 heterocycles. The van der Waals surface area contributed by atoms with Gasteiger partial charge in [-0.15, -0.1) is 0 Å². The van der Waals surface area contributed by atoms with E-state index < -0.39 is 0 Å². The molecule has 6 nitrogen and oxygen atoms in total. The minimum absolute atomic E-state index is 0.566. The van der Waals surface area contributed by atoms with Gasteiger partial charge in [-0.1, -0.05) is 12.1 Å². The van der Waals surface area contributed by atoms with Crippen molar-refractivity contribution in [3.8, 4) is 17.6 Å². The summed E-state index contributed by atoms with van der Waals surface area (Å²) in [6, 6.07) is 13.5. The molecule has 24 heavy (non-hydrogen) atoms. The molecule has 3 aromatic rings. The summed E-state index contributed by atoms with van der Waals surface area (Å²) in [5.74, 6) is 2.10. The normalized spacial score (nSPS) is 10.4. The number of anilines is 1. The third-order valence-electron chi connectivity index (χ3n) is 3.79. The number of nitrogens with one attached hydrogen (secondary N) is 2. The summed E-state index contributed by atoms with van der Waals surface area (Å²) in [6.07, 6.45) is 0.808. The van der Waals surface area contributed by atoms with Gasteiger partial charge in [0, 0.05) is 6.54 Å². The fourth-order valence-electron chi connectivity index (χ4n) is 2.57. The highest BCUT2D eigenvalue weighted by Gasteiger charge is 2.07. The number of hydrogen-bond donors (Lipinski definition) is 2. The predicted molar refractivity (Wildman–Crippen MR) is 92.5 cm³/mol. The van der Waals surface area contributed by atoms with Gasteiger partial charge in [0.05, 0.1) is 25.3 Å². The Morgan fingerprint density at radius 2 is 2.00 bits per heavy atom. The first kappa shape index (κ1) is 15.7. The zero-order chi connectivity index (χ0) is 16.9. The maximum Gasteiger partial charge on any atom is 0.201 e. The van der Waals surface area contributed by atoms with E-state index in [9.17, 15) is 0 Å². The molecule has 0 atom stereocenters. The Hall–Kier alpha value is -3.20. The van der Waals surface area contributed by atoms with Crippen molar-refractivity contribution in [3.05, 3.63) is 47.5 Å². The zero-order valence-corrected chi connectivity index (χ0v) is 13.6. The molecule has 0 fully saturated rings. The molecule has 0 aliphatic carbocycles. The number of benzene rings is 2. The van der Waals surface area contributed by atoms with E-state index in [0.29, 0.717) is 23.6 Å². The predicted octanol–water partition coefficient (Wildman–Crippen LogP) is 3.11. The van der Waals surface area contributed by atoms with Crippen LogP contribution in [0.3, 0.4) is 0 Å². The number of fused-ring (bicyclic) bond motifs is 1. The van der Waals surface area contributed by atoms with E-state index in [1.165, 1.54) is 0 Å². The third kappa shape index (κ3) is 3.10. The van der Waals surface area contributed by atoms with Gasteiger partial charge < -0.3 is 19.8 Å². The molecule has 0 aliphatic rings. The molecule has 2 aromatic carbocycles. The van der Waals surface area contributed by atoms with Crippen LogP contribution in [0.4, 0.5) is 5.95 Å². The zero-order valence-electron chi connectivity index (χ0n) is 13.6. The van der Waals surface area contributed by atoms with Crippen LogP contribution in [0.5, 0.6) is 11.5 Å². The molecule has 0 amide bonds. The molecule has 122 valence electrons. The lowest BCUT2D eigenvalue weighted by Gasteiger charge is -2.09. The Kier molecular flexibility index (Phi) is 4.52. The van der Waals surface area contributed by atoms with Crippen LogP contribution in [-0.4, -0.2) is 30.7 Å². The monoisotopic (exact) mass is 322 g/mol. The van der Waals surface area contributed by atoms with Crippen molar-refractivity contribution < 1.29 is 9.47 Å². The largest absolute Gasteiger partial charge is 0.493 e. The number of nitrogens with zero attached hydrogens (tertiary/aromatic N) is 2. The summed E-state index contributed by atoms with van der Waals surface area (Å²) in [5, 5.41) is 12.4. The minimum Gasteiger partial charge on any atom is -0.493 e. The number of H-pyrrole nitrogens is 1. The molecule has 0 unspecified atom stereocenters. The number of aromatic amines is 1. The Morgan fingerprint density at radius 1 is 1.17 bits per heavy atom. The molecule has 0 radical (unpaired) electrons. The molecule has 0 bridgehead atoms. The van der Waals surface area contributed by atoms with E-state index in [4.69, 9.17) is 14.7 Å². The molecule has 2 N–H and O–H groups in total. The number of imidazole rings is 1. The average molecular weight is 322 g/mol. The van der Waals surface area contributed by atoms with Crippen molar-refractivity contribution in [2.45, 2.75) is 6.42 Å². The molecule has 0 saturated carbocycles. The van der Waals surface area contributed by atoms with Crippen LogP contribution in [0.1, 0.15) is 11.1 Å². The molecular weight excluding hydrogens is 304 g/mol. The molecule has 0 saturated heterocycles. The lowest BCUT2D eigenvalue weighted by Crippen LogP contribution is -2.06. The van der Waals surface area contributed by atoms with Crippen molar-refractivity contribution in [1.29, 1.82) is 5.26 Å². The van der Waals surface area contributed by atoms with E-state index >= 15 is 0 Å². The summed E-state index contributed by atoms with van der Waals surface area (Å²) in [4.78, 5) is 7.62. The molecule has 1 aromatic heterocycles. The second-order valence-corrected chi connectivity index (χ2v) is 5.27. The van der Waals surface area contributed by atoms with E-state index in [0.717, 1.165) is 29.0 Å². The molecular formula is C18H18N4O2. The summed E-state index contributed by atoms with van der Waals surface area (Å²) in [6.45, 7) is 0.706. The van der Waals surface area contributed by atoms with Crippen molar-refractivity contribution in [2.24, 2.45) is 0 Å². The summed E-state index contributed by atoms with van der Waals surface area (Å²) < 4.78 is 10.6. The number of para-hydroxylation sites is 1. The second kappa shape index (κ2) is 6.92. The number of nitriles is 1. The fraction of sp³-hybridized carbons (Fsp3) is 0.222. The van der Waals surface area contributed by atoms with E-state index in [-0.39, 0.29) is 0 Å². The van der Waals surface area contributed by atoms with Gasteiger partial charge in [-0.05, 0) is 36.2 Å². The van der Waals surface area contributed by atoms with E-state index in [2.05, 4.69) is 21.4 Å². The maximum absolute atomic E-state index is 9.12. The van der Waals surface area contributed by atoms with Crippen molar-refractivity contribution in [2.75, 3.05) is 26.1 Å². The molecule has 6 heteroatoms. The standard InChI is InChI=1S/C18H18N4O2/c1-23-15-7-6-12(10-16(15)24-2)8-9-20-18-21-14-5-3-4-13(11-19)17(14)22-18/h3-7,10H,8-9H2,1-2H3,(H2,20,21,22). The van der Waals surface area contributed by atoms with Gasteiger partial charge >= 0.3 is 0 Å². The van der Waals surface area contributed by atoms with Gasteiger partial charge in [0.1, 0.15) is 11.6 Å². The Bertz CT molecular complexity index is 896. The lowest BCUT2D eigenvalue weighted by atomic mass is 10.1. The van der Waals surface area contributed by atoms with Crippen LogP contribution < -0.4 is 14.8 Å². The fourth-order valence-corrected chi connectivity index (χ4v) is 2.57. The van der Waals surface area contributed by atoms with Gasteiger partial charge in [0.15, 0.2) is 11.5 Å². The highest BCUT2D eigenvalue weighted by atomic mass is 16.5. The first-order valence-electron chi connectivity index (χ1n) is 7.58. The Balaban J connectivity index is 1.68. The smallest absolute Gasteiger partial charge is 0.201 e. The number of ether oxygens (including phenoxy) is 2. The Labute approximate surface area is 140 Å². The van der Waals surface area contributed by atoms with Crippen LogP contribution in [0.15, 0.2) is 36.4 Å². The van der Waals surface area contributed by atoms with Crippen molar-refractivity contribution in [1.82, 2.24) is 9.97 Å². The summed E-state index contributed by atoms with van der Waals surface area (Å²) >= 11 is 0. The van der Waals surface area contributed by atoms with Crippen LogP contribution in [-0.2, 0) is 6.42 Å². The maximum atomic E-state index is 9.12. The summed E-state index contributed by atoms with van der Waals surface area (Å²) in [5.41, 5.74) is 3.24. The van der Waals surface area contributed by atoms with E-state index in [1.807, 2.05) is 30.3 Å². The number of rotatable bonds is 6. The van der Waals surface area contributed by atoms with Gasteiger partial charge in [-0.2, -0.15) is 5.26 Å². The van der Waals surface area contributed by atoms with Crippen LogP contribution in [0.2, 0.25) is 0 Å². The van der Waals surface area contributed by atoms with Gasteiger partial charge in [0.2, 0.25) is 5.95 Å². The van der Waals surface area contributed by atoms with Crippen LogP contribution in [0.25, 0.3) is 11.0 Å². The SMILES string of the molecule is COc1ccc(CCNc2nc3c(C#N)cccc3[nH]2)cc1OC. The summed E-state index contributed by atoms with van der Waals surface area (Å²) in [7, 11) is 3.25. The minimum atomic E-state index is 0.566. The topological polar surface area (TPSA) is 83.0 Å². The average Bonchev–Trinajstić information content (AvgIpc) is 3.04. The lowest BCUT2D eigenvalue weighted by molar-refractivity contribution is 0.354. The number of hydrogen-bond acceptors (Lipinski definition) is 5. The van der Waals surface area contributed by atoms with Crippen molar-refractivity contribution in [3.63, 3.8) is 0 Å². The highest BCUT2D eigenvalue weighted by molar-refractivity contribution is 5.83. The van der Waals surface area contributed by atoms with Gasteiger partial charge in [0.25, 0.3) is 0 Å². The van der Waals surface area contributed by atoms with Crippen molar-refractivity contribution >= 4 is 17.0 Å². The Morgan fingerprint density at radius 3 is 2.75 bits per heavy atom. The molecule has 0 aliphatic heterocycles. The van der Waals surface area contributed by atoms with Crippen LogP contribution in [0, 0.1) is 11.3 Å². The molecule has 3 rings (SSSR count). The third-order valence-corrected chi connectivity index (χ3v) is 3.79. The van der Waals surface area contributed by atoms with Crippen LogP contribution >= 0.6 is 0 Å². The first-order chi connectivity index (χ1) is 11.7. The second-order valence-electron chi connectivity index (χ2n) is 5.27. The first-order valence-corrected chi connectivity index (χ1v) is 7.58. The number of methoxy groups -OCH3 is 2. The number of aromatic nitrogens is 2. The quantitative estimate of drug-likeness (QED) is 0.728. The van der Waals surface area contributed by atoms with E-state index in [1.54, 1.807) is 20.3 Å².